The lowest BCUT2D eigenvalue weighted by Gasteiger charge is -2.11. The molecule has 1 N–H and O–H groups in total. The zero-order chi connectivity index (χ0) is 13.5. The Balaban J connectivity index is 2.17. The second-order valence-corrected chi connectivity index (χ2v) is 4.01. The first-order chi connectivity index (χ1) is 9.35. The second-order valence-electron chi connectivity index (χ2n) is 4.01. The fourth-order valence-electron chi connectivity index (χ4n) is 1.78. The number of para-hydroxylation sites is 1. The second kappa shape index (κ2) is 6.54. The van der Waals surface area contributed by atoms with E-state index in [1.54, 1.807) is 6.20 Å². The van der Waals surface area contributed by atoms with Crippen LogP contribution in [-0.4, -0.2) is 15.9 Å². The summed E-state index contributed by atoms with van der Waals surface area (Å²) in [4.78, 5) is 4.20. The number of oxime groups is 1. The summed E-state index contributed by atoms with van der Waals surface area (Å²) in [7, 11) is 0. The van der Waals surface area contributed by atoms with Crippen LogP contribution < -0.4 is 4.74 Å². The third-order valence-corrected chi connectivity index (χ3v) is 2.76. The summed E-state index contributed by atoms with van der Waals surface area (Å²) >= 11 is 0. The van der Waals surface area contributed by atoms with Gasteiger partial charge in [-0.2, -0.15) is 0 Å². The third kappa shape index (κ3) is 3.31. The molecule has 4 nitrogen and oxygen atoms in total. The van der Waals surface area contributed by atoms with Crippen molar-refractivity contribution in [2.75, 3.05) is 0 Å². The summed E-state index contributed by atoms with van der Waals surface area (Å²) in [6, 6.07) is 13.2. The van der Waals surface area contributed by atoms with Crippen molar-refractivity contribution in [2.45, 2.75) is 20.0 Å². The molecular formula is C15H16N2O2. The van der Waals surface area contributed by atoms with Crippen molar-refractivity contribution in [1.29, 1.82) is 0 Å². The highest BCUT2D eigenvalue weighted by Crippen LogP contribution is 2.21. The van der Waals surface area contributed by atoms with E-state index in [0.29, 0.717) is 24.5 Å². The van der Waals surface area contributed by atoms with Crippen molar-refractivity contribution in [2.24, 2.45) is 5.16 Å². The fourth-order valence-corrected chi connectivity index (χ4v) is 1.78. The van der Waals surface area contributed by atoms with E-state index in [4.69, 9.17) is 9.94 Å². The van der Waals surface area contributed by atoms with Crippen LogP contribution in [0, 0.1) is 0 Å². The standard InChI is InChI=1S/C15H16N2O2/c1-2-14(17-18)13-8-3-4-9-15(13)19-11-12-7-5-6-10-16-12/h3-10,18H,2,11H2,1H3/b17-14+. The van der Waals surface area contributed by atoms with Gasteiger partial charge >= 0.3 is 0 Å². The van der Waals surface area contributed by atoms with Gasteiger partial charge in [-0.25, -0.2) is 0 Å². The Morgan fingerprint density at radius 3 is 2.68 bits per heavy atom. The highest BCUT2D eigenvalue weighted by Gasteiger charge is 2.09. The van der Waals surface area contributed by atoms with E-state index in [1.807, 2.05) is 49.4 Å². The number of pyridine rings is 1. The molecule has 0 aliphatic heterocycles. The smallest absolute Gasteiger partial charge is 0.130 e. The van der Waals surface area contributed by atoms with Crippen molar-refractivity contribution < 1.29 is 9.94 Å². The Labute approximate surface area is 112 Å². The minimum atomic E-state index is 0.389. The Morgan fingerprint density at radius 2 is 2.00 bits per heavy atom. The lowest BCUT2D eigenvalue weighted by Crippen LogP contribution is -2.05. The summed E-state index contributed by atoms with van der Waals surface area (Å²) < 4.78 is 5.75. The van der Waals surface area contributed by atoms with E-state index in [0.717, 1.165) is 11.3 Å². The Bertz CT molecular complexity index is 553. The molecule has 2 aromatic rings. The molecule has 0 spiro atoms. The van der Waals surface area contributed by atoms with Crippen molar-refractivity contribution in [3.05, 3.63) is 59.9 Å². The van der Waals surface area contributed by atoms with Crippen LogP contribution in [-0.2, 0) is 6.61 Å². The topological polar surface area (TPSA) is 54.7 Å². The fraction of sp³-hybridized carbons (Fsp3) is 0.200. The van der Waals surface area contributed by atoms with Crippen LogP contribution in [0.25, 0.3) is 0 Å². The number of hydrogen-bond donors (Lipinski definition) is 1. The van der Waals surface area contributed by atoms with Crippen molar-refractivity contribution in [3.8, 4) is 5.75 Å². The zero-order valence-electron chi connectivity index (χ0n) is 10.8. The van der Waals surface area contributed by atoms with Gasteiger partial charge < -0.3 is 9.94 Å². The molecule has 98 valence electrons. The summed E-state index contributed by atoms with van der Waals surface area (Å²) in [5.74, 6) is 0.697. The summed E-state index contributed by atoms with van der Waals surface area (Å²) in [5, 5.41) is 12.3. The first kappa shape index (κ1) is 13.1. The Hall–Kier alpha value is -2.36. The maximum absolute atomic E-state index is 9.01. The van der Waals surface area contributed by atoms with Crippen LogP contribution >= 0.6 is 0 Å². The van der Waals surface area contributed by atoms with Crippen LogP contribution in [0.4, 0.5) is 0 Å². The van der Waals surface area contributed by atoms with Crippen LogP contribution in [0.2, 0.25) is 0 Å². The van der Waals surface area contributed by atoms with Gasteiger partial charge in [0.05, 0.1) is 11.4 Å². The average Bonchev–Trinajstić information content (AvgIpc) is 2.48. The van der Waals surface area contributed by atoms with Gasteiger partial charge in [-0.05, 0) is 30.7 Å². The maximum Gasteiger partial charge on any atom is 0.130 e. The van der Waals surface area contributed by atoms with E-state index in [1.165, 1.54) is 0 Å². The lowest BCUT2D eigenvalue weighted by atomic mass is 10.1. The van der Waals surface area contributed by atoms with Crippen LogP contribution in [0.3, 0.4) is 0 Å². The van der Waals surface area contributed by atoms with Crippen LogP contribution in [0.1, 0.15) is 24.6 Å². The molecule has 1 aromatic carbocycles. The molecule has 0 radical (unpaired) electrons. The van der Waals surface area contributed by atoms with Gasteiger partial charge in [-0.3, -0.25) is 4.98 Å². The van der Waals surface area contributed by atoms with Gasteiger partial charge in [0.2, 0.25) is 0 Å². The molecule has 2 rings (SSSR count). The molecule has 19 heavy (non-hydrogen) atoms. The maximum atomic E-state index is 9.01. The molecule has 1 heterocycles. The van der Waals surface area contributed by atoms with Crippen molar-refractivity contribution in [3.63, 3.8) is 0 Å². The molecule has 0 aliphatic carbocycles. The number of ether oxygens (including phenoxy) is 1. The minimum Gasteiger partial charge on any atom is -0.487 e. The van der Waals surface area contributed by atoms with Gasteiger partial charge in [0, 0.05) is 11.8 Å². The van der Waals surface area contributed by atoms with Gasteiger partial charge in [0.15, 0.2) is 0 Å². The number of hydrogen-bond acceptors (Lipinski definition) is 4. The molecule has 4 heteroatoms. The SMILES string of the molecule is CC/C(=N\O)c1ccccc1OCc1ccccn1. The van der Waals surface area contributed by atoms with Crippen LogP contribution in [0.15, 0.2) is 53.8 Å². The molecule has 0 fully saturated rings. The quantitative estimate of drug-likeness (QED) is 0.507. The van der Waals surface area contributed by atoms with Crippen molar-refractivity contribution in [1.82, 2.24) is 4.98 Å². The molecule has 0 amide bonds. The van der Waals surface area contributed by atoms with E-state index >= 15 is 0 Å². The van der Waals surface area contributed by atoms with Gasteiger partial charge in [0.1, 0.15) is 12.4 Å². The highest BCUT2D eigenvalue weighted by molar-refractivity contribution is 6.02. The molecule has 0 unspecified atom stereocenters. The summed E-state index contributed by atoms with van der Waals surface area (Å²) in [6.45, 7) is 2.32. The first-order valence-electron chi connectivity index (χ1n) is 6.18. The lowest BCUT2D eigenvalue weighted by molar-refractivity contribution is 0.299. The molecule has 1 aromatic heterocycles. The van der Waals surface area contributed by atoms with E-state index in [-0.39, 0.29) is 0 Å². The monoisotopic (exact) mass is 256 g/mol. The first-order valence-corrected chi connectivity index (χ1v) is 6.18. The van der Waals surface area contributed by atoms with Gasteiger partial charge in [0.25, 0.3) is 0 Å². The van der Waals surface area contributed by atoms with Crippen LogP contribution in [0.5, 0.6) is 5.75 Å². The molecular weight excluding hydrogens is 240 g/mol. The van der Waals surface area contributed by atoms with Crippen molar-refractivity contribution >= 4 is 5.71 Å². The Kier molecular flexibility index (Phi) is 4.50. The molecule has 0 atom stereocenters. The predicted octanol–water partition coefficient (Wildman–Crippen LogP) is 3.25. The largest absolute Gasteiger partial charge is 0.487 e. The predicted molar refractivity (Wildman–Crippen MR) is 73.6 cm³/mol. The number of benzene rings is 1. The number of aromatic nitrogens is 1. The zero-order valence-corrected chi connectivity index (χ0v) is 10.8. The van der Waals surface area contributed by atoms with E-state index in [2.05, 4.69) is 10.1 Å². The average molecular weight is 256 g/mol. The van der Waals surface area contributed by atoms with E-state index < -0.39 is 0 Å². The number of nitrogens with zero attached hydrogens (tertiary/aromatic N) is 2. The summed E-state index contributed by atoms with van der Waals surface area (Å²) in [6.07, 6.45) is 2.37. The van der Waals surface area contributed by atoms with Gasteiger partial charge in [-0.1, -0.05) is 30.3 Å². The molecule has 0 saturated heterocycles. The normalized spacial score (nSPS) is 11.3. The molecule has 0 aliphatic rings. The molecule has 0 saturated carbocycles. The molecule has 0 bridgehead atoms. The third-order valence-electron chi connectivity index (χ3n) is 2.76. The van der Waals surface area contributed by atoms with E-state index in [9.17, 15) is 0 Å². The highest BCUT2D eigenvalue weighted by atomic mass is 16.5. The minimum absolute atomic E-state index is 0.389. The van der Waals surface area contributed by atoms with Gasteiger partial charge in [-0.15, -0.1) is 0 Å². The Morgan fingerprint density at radius 1 is 1.21 bits per heavy atom. The number of rotatable bonds is 5. The summed E-state index contributed by atoms with van der Waals surface area (Å²) in [5.41, 5.74) is 2.27.